The monoisotopic (exact) mass is 271 g/mol. The molecule has 4 heterocycles. The summed E-state index contributed by atoms with van der Waals surface area (Å²) < 4.78 is 1.91. The van der Waals surface area contributed by atoms with Crippen LogP contribution in [-0.4, -0.2) is 40.3 Å². The second-order valence-corrected chi connectivity index (χ2v) is 6.13. The van der Waals surface area contributed by atoms with Gasteiger partial charge >= 0.3 is 0 Å². The van der Waals surface area contributed by atoms with Crippen LogP contribution in [0.2, 0.25) is 0 Å². The minimum absolute atomic E-state index is 0.577. The summed E-state index contributed by atoms with van der Waals surface area (Å²) in [6.45, 7) is 7.74. The van der Waals surface area contributed by atoms with E-state index in [1.54, 1.807) is 0 Å². The molecule has 2 saturated heterocycles. The van der Waals surface area contributed by atoms with Crippen molar-refractivity contribution >= 4 is 11.6 Å². The van der Waals surface area contributed by atoms with E-state index in [1.165, 1.54) is 5.56 Å². The van der Waals surface area contributed by atoms with E-state index in [9.17, 15) is 0 Å². The van der Waals surface area contributed by atoms with Crippen LogP contribution >= 0.6 is 0 Å². The predicted octanol–water partition coefficient (Wildman–Crippen LogP) is 1.47. The van der Waals surface area contributed by atoms with Crippen LogP contribution in [-0.2, 0) is 0 Å². The lowest BCUT2D eigenvalue weighted by molar-refractivity contribution is 0.440. The number of anilines is 1. The highest BCUT2D eigenvalue weighted by Crippen LogP contribution is 2.36. The molecule has 4 rings (SSSR count). The van der Waals surface area contributed by atoms with Crippen LogP contribution in [0.1, 0.15) is 18.9 Å². The van der Waals surface area contributed by atoms with Gasteiger partial charge in [0.2, 0.25) is 5.95 Å². The molecule has 0 aliphatic carbocycles. The van der Waals surface area contributed by atoms with E-state index in [0.717, 1.165) is 49.5 Å². The summed E-state index contributed by atoms with van der Waals surface area (Å²) in [4.78, 5) is 7.15. The van der Waals surface area contributed by atoms with E-state index >= 15 is 0 Å². The number of hydrogen-bond donors (Lipinski definition) is 1. The van der Waals surface area contributed by atoms with Crippen LogP contribution in [0.25, 0.3) is 5.65 Å². The van der Waals surface area contributed by atoms with Crippen molar-refractivity contribution in [2.45, 2.75) is 26.3 Å². The molecule has 1 N–H and O–H groups in total. The Kier molecular flexibility index (Phi) is 2.70. The summed E-state index contributed by atoms with van der Waals surface area (Å²) in [6, 6.07) is 4.72. The average molecular weight is 271 g/mol. The molecule has 0 saturated carbocycles. The number of fused-ring (bicyclic) bond motifs is 2. The van der Waals surface area contributed by atoms with Crippen LogP contribution in [0, 0.1) is 18.8 Å². The van der Waals surface area contributed by atoms with Gasteiger partial charge in [0.15, 0.2) is 5.65 Å². The molecule has 5 heteroatoms. The van der Waals surface area contributed by atoms with Gasteiger partial charge in [-0.1, -0.05) is 13.0 Å². The second kappa shape index (κ2) is 4.45. The zero-order chi connectivity index (χ0) is 13.7. The number of aromatic nitrogens is 3. The number of rotatable bonds is 2. The third-order valence-corrected chi connectivity index (χ3v) is 4.86. The second-order valence-electron chi connectivity index (χ2n) is 6.13. The molecule has 5 nitrogen and oxygen atoms in total. The summed E-state index contributed by atoms with van der Waals surface area (Å²) in [5, 5.41) is 8.21. The molecule has 106 valence electrons. The van der Waals surface area contributed by atoms with Crippen LogP contribution in [0.15, 0.2) is 18.3 Å². The van der Waals surface area contributed by atoms with Gasteiger partial charge in [0.05, 0.1) is 0 Å². The van der Waals surface area contributed by atoms with Gasteiger partial charge in [-0.2, -0.15) is 4.98 Å². The molecule has 0 bridgehead atoms. The smallest absolute Gasteiger partial charge is 0.245 e. The number of nitrogens with zero attached hydrogens (tertiary/aromatic N) is 4. The number of aryl methyl sites for hydroxylation is 1. The van der Waals surface area contributed by atoms with Gasteiger partial charge in [-0.25, -0.2) is 4.52 Å². The van der Waals surface area contributed by atoms with E-state index in [1.807, 2.05) is 16.8 Å². The van der Waals surface area contributed by atoms with Crippen molar-refractivity contribution in [3.63, 3.8) is 0 Å². The molecule has 0 spiro atoms. The Bertz CT molecular complexity index is 634. The summed E-state index contributed by atoms with van der Waals surface area (Å²) >= 11 is 0. The number of nitrogens with one attached hydrogen (secondary N) is 1. The Labute approximate surface area is 119 Å². The predicted molar refractivity (Wildman–Crippen MR) is 79.0 cm³/mol. The molecule has 2 aromatic heterocycles. The van der Waals surface area contributed by atoms with Gasteiger partial charge in [0, 0.05) is 31.9 Å². The van der Waals surface area contributed by atoms with E-state index in [-0.39, 0.29) is 0 Å². The molecule has 2 aliphatic rings. The van der Waals surface area contributed by atoms with Crippen molar-refractivity contribution in [2.75, 3.05) is 24.5 Å². The van der Waals surface area contributed by atoms with Crippen LogP contribution in [0.5, 0.6) is 0 Å². The van der Waals surface area contributed by atoms with Crippen LogP contribution in [0.4, 0.5) is 5.95 Å². The first kappa shape index (κ1) is 12.1. The van der Waals surface area contributed by atoms with E-state index in [4.69, 9.17) is 10.1 Å². The molecule has 2 fully saturated rings. The Morgan fingerprint density at radius 3 is 3.10 bits per heavy atom. The molecule has 3 unspecified atom stereocenters. The zero-order valence-corrected chi connectivity index (χ0v) is 12.1. The summed E-state index contributed by atoms with van der Waals surface area (Å²) in [5.74, 6) is 2.42. The highest BCUT2D eigenvalue weighted by atomic mass is 15.4. The standard InChI is InChI=1S/C15H21N5/c1-3-13-12-7-16-6-11(12)9-19(13)15-17-14-5-4-10(2)8-20(14)18-15/h4-5,8,11-13,16H,3,6-7,9H2,1-2H3. The van der Waals surface area contributed by atoms with Gasteiger partial charge in [-0.05, 0) is 36.8 Å². The molecule has 0 aromatic carbocycles. The van der Waals surface area contributed by atoms with Crippen LogP contribution in [0.3, 0.4) is 0 Å². The summed E-state index contributed by atoms with van der Waals surface area (Å²) in [5.41, 5.74) is 2.15. The number of pyridine rings is 1. The molecule has 3 atom stereocenters. The maximum absolute atomic E-state index is 4.72. The minimum atomic E-state index is 0.577. The van der Waals surface area contributed by atoms with E-state index in [2.05, 4.69) is 30.1 Å². The fourth-order valence-corrected chi connectivity index (χ4v) is 3.87. The first-order chi connectivity index (χ1) is 9.76. The molecular weight excluding hydrogens is 250 g/mol. The van der Waals surface area contributed by atoms with Gasteiger partial charge in [-0.15, -0.1) is 5.10 Å². The van der Waals surface area contributed by atoms with Gasteiger partial charge in [0.25, 0.3) is 0 Å². The average Bonchev–Trinajstić information content (AvgIpc) is 3.09. The fraction of sp³-hybridized carbons (Fsp3) is 0.600. The van der Waals surface area contributed by atoms with Crippen LogP contribution < -0.4 is 10.2 Å². The molecule has 0 amide bonds. The summed E-state index contributed by atoms with van der Waals surface area (Å²) in [6.07, 6.45) is 3.21. The molecule has 2 aliphatic heterocycles. The van der Waals surface area contributed by atoms with E-state index in [0.29, 0.717) is 6.04 Å². The largest absolute Gasteiger partial charge is 0.336 e. The number of hydrogen-bond acceptors (Lipinski definition) is 4. The topological polar surface area (TPSA) is 45.5 Å². The third kappa shape index (κ3) is 1.73. The zero-order valence-electron chi connectivity index (χ0n) is 12.1. The van der Waals surface area contributed by atoms with Crippen molar-refractivity contribution in [2.24, 2.45) is 11.8 Å². The first-order valence-corrected chi connectivity index (χ1v) is 7.56. The van der Waals surface area contributed by atoms with Crippen molar-refractivity contribution < 1.29 is 0 Å². The Morgan fingerprint density at radius 2 is 2.25 bits per heavy atom. The summed E-state index contributed by atoms with van der Waals surface area (Å²) in [7, 11) is 0. The third-order valence-electron chi connectivity index (χ3n) is 4.86. The van der Waals surface area contributed by atoms with Crippen molar-refractivity contribution in [3.8, 4) is 0 Å². The first-order valence-electron chi connectivity index (χ1n) is 7.56. The molecule has 2 aromatic rings. The highest BCUT2D eigenvalue weighted by molar-refractivity contribution is 5.47. The van der Waals surface area contributed by atoms with Gasteiger partial charge in [-0.3, -0.25) is 0 Å². The van der Waals surface area contributed by atoms with Gasteiger partial charge in [0.1, 0.15) is 0 Å². The molecule has 0 radical (unpaired) electrons. The Balaban J connectivity index is 1.71. The van der Waals surface area contributed by atoms with Crippen molar-refractivity contribution in [1.29, 1.82) is 0 Å². The lowest BCUT2D eigenvalue weighted by Gasteiger charge is -2.25. The van der Waals surface area contributed by atoms with Crippen molar-refractivity contribution in [1.82, 2.24) is 19.9 Å². The lowest BCUT2D eigenvalue weighted by atomic mass is 9.93. The fourth-order valence-electron chi connectivity index (χ4n) is 3.87. The Hall–Kier alpha value is -1.62. The van der Waals surface area contributed by atoms with Gasteiger partial charge < -0.3 is 10.2 Å². The van der Waals surface area contributed by atoms with Crippen molar-refractivity contribution in [3.05, 3.63) is 23.9 Å². The van der Waals surface area contributed by atoms with E-state index < -0.39 is 0 Å². The normalized spacial score (nSPS) is 29.3. The molecular formula is C15H21N5. The quantitative estimate of drug-likeness (QED) is 0.898. The lowest BCUT2D eigenvalue weighted by Crippen LogP contribution is -2.35. The molecule has 20 heavy (non-hydrogen) atoms. The highest BCUT2D eigenvalue weighted by Gasteiger charge is 2.44. The maximum Gasteiger partial charge on any atom is 0.245 e. The maximum atomic E-state index is 4.72. The minimum Gasteiger partial charge on any atom is -0.336 e. The Morgan fingerprint density at radius 1 is 1.35 bits per heavy atom. The SMILES string of the molecule is CCC1C2CNCC2CN1c1nc2ccc(C)cn2n1.